The van der Waals surface area contributed by atoms with Crippen molar-refractivity contribution in [1.29, 1.82) is 0 Å². The van der Waals surface area contributed by atoms with E-state index in [-0.39, 0.29) is 29.2 Å². The minimum Gasteiger partial charge on any atom is -0.483 e. The van der Waals surface area contributed by atoms with Crippen molar-refractivity contribution in [3.8, 4) is 11.6 Å². The number of nitrogens with zero attached hydrogens (tertiary/aromatic N) is 1. The van der Waals surface area contributed by atoms with Crippen LogP contribution in [0.4, 0.5) is 0 Å². The second-order valence-corrected chi connectivity index (χ2v) is 6.34. The molecular weight excluding hydrogens is 370 g/mol. The summed E-state index contributed by atoms with van der Waals surface area (Å²) in [6.45, 7) is 5.46. The third-order valence-corrected chi connectivity index (χ3v) is 3.72. The first-order chi connectivity index (χ1) is 12.9. The third kappa shape index (κ3) is 6.14. The van der Waals surface area contributed by atoms with Crippen molar-refractivity contribution >= 4 is 23.4 Å². The lowest BCUT2D eigenvalue weighted by atomic mass is 10.1. The minimum atomic E-state index is -0.553. The van der Waals surface area contributed by atoms with Gasteiger partial charge in [-0.15, -0.1) is 0 Å². The summed E-state index contributed by atoms with van der Waals surface area (Å²) < 4.78 is 10.9. The number of hydrazine groups is 1. The van der Waals surface area contributed by atoms with E-state index in [1.54, 1.807) is 6.07 Å². The van der Waals surface area contributed by atoms with Crippen LogP contribution in [0.1, 0.15) is 36.7 Å². The van der Waals surface area contributed by atoms with E-state index in [0.29, 0.717) is 5.75 Å². The molecule has 0 aliphatic carbocycles. The summed E-state index contributed by atoms with van der Waals surface area (Å²) in [4.78, 5) is 28.0. The first kappa shape index (κ1) is 20.5. The maximum absolute atomic E-state index is 12.1. The Hall–Kier alpha value is -2.80. The number of aromatic nitrogens is 1. The highest BCUT2D eigenvalue weighted by molar-refractivity contribution is 6.32. The highest BCUT2D eigenvalue weighted by atomic mass is 35.5. The number of para-hydroxylation sites is 1. The number of hydrogen-bond acceptors (Lipinski definition) is 5. The van der Waals surface area contributed by atoms with Crippen molar-refractivity contribution in [2.75, 3.05) is 6.61 Å². The first-order valence-corrected chi connectivity index (χ1v) is 8.90. The number of halogens is 1. The number of carbonyl (C=O) groups excluding carboxylic acids is 2. The highest BCUT2D eigenvalue weighted by Gasteiger charge is 2.13. The number of carbonyl (C=O) groups is 2. The predicted octanol–water partition coefficient (Wildman–Crippen LogP) is 2.92. The number of nitrogens with one attached hydrogen (secondary N) is 2. The van der Waals surface area contributed by atoms with Crippen molar-refractivity contribution in [3.05, 3.63) is 52.7 Å². The molecule has 0 fully saturated rings. The molecule has 0 aliphatic rings. The summed E-state index contributed by atoms with van der Waals surface area (Å²) in [6, 6.07) is 8.87. The number of ether oxygens (including phenoxy) is 2. The molecule has 1 aromatic heterocycles. The number of amides is 2. The monoisotopic (exact) mass is 391 g/mol. The van der Waals surface area contributed by atoms with Gasteiger partial charge in [0.15, 0.2) is 6.61 Å². The lowest BCUT2D eigenvalue weighted by Gasteiger charge is -2.12. The van der Waals surface area contributed by atoms with Crippen molar-refractivity contribution in [2.45, 2.75) is 33.3 Å². The van der Waals surface area contributed by atoms with Gasteiger partial charge in [0.25, 0.3) is 11.8 Å². The molecule has 0 aliphatic heterocycles. The lowest BCUT2D eigenvalue weighted by molar-refractivity contribution is -0.123. The van der Waals surface area contributed by atoms with Gasteiger partial charge in [0, 0.05) is 6.20 Å². The number of pyridine rings is 1. The second kappa shape index (κ2) is 9.78. The van der Waals surface area contributed by atoms with E-state index >= 15 is 0 Å². The second-order valence-electron chi connectivity index (χ2n) is 5.93. The quantitative estimate of drug-likeness (QED) is 0.708. The average molecular weight is 392 g/mol. The first-order valence-electron chi connectivity index (χ1n) is 8.52. The molecule has 7 nitrogen and oxygen atoms in total. The smallest absolute Gasteiger partial charge is 0.276 e. The Bertz CT molecular complexity index is 811. The molecule has 0 saturated heterocycles. The van der Waals surface area contributed by atoms with Crippen LogP contribution in [0.25, 0.3) is 0 Å². The molecule has 0 spiro atoms. The molecule has 2 N–H and O–H groups in total. The Morgan fingerprint density at radius 3 is 2.63 bits per heavy atom. The average Bonchev–Trinajstić information content (AvgIpc) is 2.65. The van der Waals surface area contributed by atoms with Crippen LogP contribution in [-0.4, -0.2) is 29.5 Å². The Labute approximate surface area is 163 Å². The number of benzene rings is 1. The van der Waals surface area contributed by atoms with Crippen LogP contribution in [0.5, 0.6) is 11.6 Å². The summed E-state index contributed by atoms with van der Waals surface area (Å²) >= 11 is 6.05. The van der Waals surface area contributed by atoms with Crippen molar-refractivity contribution < 1.29 is 19.1 Å². The standard InChI is InChI=1S/C19H22ClN3O4/c1-4-13-7-5-6-8-16(13)26-11-17(24)22-23-18(25)14-9-15(20)19(21-10-14)27-12(2)3/h5-10,12H,4,11H2,1-3H3,(H,22,24)(H,23,25). The maximum Gasteiger partial charge on any atom is 0.276 e. The molecule has 2 aromatic rings. The van der Waals surface area contributed by atoms with Gasteiger partial charge in [-0.3, -0.25) is 20.4 Å². The molecule has 0 unspecified atom stereocenters. The van der Waals surface area contributed by atoms with Gasteiger partial charge in [-0.1, -0.05) is 36.7 Å². The summed E-state index contributed by atoms with van der Waals surface area (Å²) in [5.41, 5.74) is 5.77. The molecule has 1 aromatic carbocycles. The predicted molar refractivity (Wildman–Crippen MR) is 102 cm³/mol. The van der Waals surface area contributed by atoms with Crippen LogP contribution >= 0.6 is 11.6 Å². The van der Waals surface area contributed by atoms with Gasteiger partial charge in [-0.2, -0.15) is 0 Å². The van der Waals surface area contributed by atoms with Gasteiger partial charge in [-0.25, -0.2) is 4.98 Å². The lowest BCUT2D eigenvalue weighted by Crippen LogP contribution is -2.43. The molecule has 0 radical (unpaired) electrons. The van der Waals surface area contributed by atoms with E-state index in [2.05, 4.69) is 15.8 Å². The van der Waals surface area contributed by atoms with Crippen LogP contribution < -0.4 is 20.3 Å². The highest BCUT2D eigenvalue weighted by Crippen LogP contribution is 2.23. The largest absolute Gasteiger partial charge is 0.483 e. The zero-order valence-electron chi connectivity index (χ0n) is 15.4. The van der Waals surface area contributed by atoms with E-state index in [0.717, 1.165) is 12.0 Å². The van der Waals surface area contributed by atoms with Gasteiger partial charge >= 0.3 is 0 Å². The molecule has 0 saturated carbocycles. The topological polar surface area (TPSA) is 89.6 Å². The number of rotatable bonds is 7. The van der Waals surface area contributed by atoms with Crippen LogP contribution in [0.3, 0.4) is 0 Å². The van der Waals surface area contributed by atoms with Crippen molar-refractivity contribution in [3.63, 3.8) is 0 Å². The van der Waals surface area contributed by atoms with Gasteiger partial charge in [0.05, 0.1) is 11.7 Å². The molecule has 0 bridgehead atoms. The molecule has 8 heteroatoms. The fraction of sp³-hybridized carbons (Fsp3) is 0.316. The van der Waals surface area contributed by atoms with Gasteiger partial charge in [0.1, 0.15) is 10.8 Å². The normalized spacial score (nSPS) is 10.4. The Morgan fingerprint density at radius 2 is 1.96 bits per heavy atom. The van der Waals surface area contributed by atoms with E-state index in [4.69, 9.17) is 21.1 Å². The van der Waals surface area contributed by atoms with E-state index in [1.165, 1.54) is 12.3 Å². The Kier molecular flexibility index (Phi) is 7.43. The van der Waals surface area contributed by atoms with Gasteiger partial charge in [0.2, 0.25) is 5.88 Å². The van der Waals surface area contributed by atoms with Crippen LogP contribution in [0, 0.1) is 0 Å². The number of hydrogen-bond donors (Lipinski definition) is 2. The Balaban J connectivity index is 1.86. The molecule has 2 amide bonds. The van der Waals surface area contributed by atoms with Crippen LogP contribution in [0.15, 0.2) is 36.5 Å². The molecule has 27 heavy (non-hydrogen) atoms. The summed E-state index contributed by atoms with van der Waals surface area (Å²) in [5.74, 6) is -0.163. The molecule has 0 atom stereocenters. The fourth-order valence-corrected chi connectivity index (χ4v) is 2.39. The summed E-state index contributed by atoms with van der Waals surface area (Å²) in [5, 5.41) is 0.210. The summed E-state index contributed by atoms with van der Waals surface area (Å²) in [7, 11) is 0. The van der Waals surface area contributed by atoms with E-state index < -0.39 is 11.8 Å². The third-order valence-electron chi connectivity index (χ3n) is 3.44. The van der Waals surface area contributed by atoms with Crippen molar-refractivity contribution in [2.24, 2.45) is 0 Å². The van der Waals surface area contributed by atoms with Gasteiger partial charge in [-0.05, 0) is 38.0 Å². The maximum atomic E-state index is 12.1. The molecule has 2 rings (SSSR count). The molecule has 144 valence electrons. The molecule has 1 heterocycles. The van der Waals surface area contributed by atoms with Crippen LogP contribution in [0.2, 0.25) is 5.02 Å². The minimum absolute atomic E-state index is 0.0909. The molecular formula is C19H22ClN3O4. The van der Waals surface area contributed by atoms with E-state index in [1.807, 2.05) is 39.0 Å². The SMILES string of the molecule is CCc1ccccc1OCC(=O)NNC(=O)c1cnc(OC(C)C)c(Cl)c1. The zero-order chi connectivity index (χ0) is 19.8. The zero-order valence-corrected chi connectivity index (χ0v) is 16.2. The van der Waals surface area contributed by atoms with E-state index in [9.17, 15) is 9.59 Å². The fourth-order valence-electron chi connectivity index (χ4n) is 2.17. The van der Waals surface area contributed by atoms with Gasteiger partial charge < -0.3 is 9.47 Å². The number of aryl methyl sites for hydroxylation is 1. The summed E-state index contributed by atoms with van der Waals surface area (Å²) in [6.07, 6.45) is 2.02. The Morgan fingerprint density at radius 1 is 1.22 bits per heavy atom. The van der Waals surface area contributed by atoms with Crippen molar-refractivity contribution in [1.82, 2.24) is 15.8 Å². The van der Waals surface area contributed by atoms with Crippen LogP contribution in [-0.2, 0) is 11.2 Å².